The average Bonchev–Trinajstić information content (AvgIpc) is 3.18. The third kappa shape index (κ3) is 3.13. The van der Waals surface area contributed by atoms with E-state index in [1.165, 1.54) is 24.2 Å². The van der Waals surface area contributed by atoms with Crippen molar-refractivity contribution in [2.45, 2.75) is 58.3 Å². The summed E-state index contributed by atoms with van der Waals surface area (Å²) in [7, 11) is 4.09. The van der Waals surface area contributed by atoms with E-state index in [1.807, 2.05) is 36.8 Å². The topological polar surface area (TPSA) is 72.1 Å². The standard InChI is InChI=1S/C18H27N7O/c1-13-20-21-17-10-25(14(8-22(2)3)9-24(13)17)18(26)11-23-12-19-15-6-4-5-7-16(15)23/h12,14H,4-11H2,1-3H3. The molecule has 8 nitrogen and oxygen atoms in total. The van der Waals surface area contributed by atoms with Gasteiger partial charge in [0.15, 0.2) is 5.82 Å². The van der Waals surface area contributed by atoms with Gasteiger partial charge in [0.25, 0.3) is 0 Å². The van der Waals surface area contributed by atoms with Crippen LogP contribution in [0.2, 0.25) is 0 Å². The summed E-state index contributed by atoms with van der Waals surface area (Å²) < 4.78 is 4.19. The number of carbonyl (C=O) groups excluding carboxylic acids is 1. The van der Waals surface area contributed by atoms with Gasteiger partial charge in [-0.1, -0.05) is 0 Å². The molecule has 26 heavy (non-hydrogen) atoms. The Labute approximate surface area is 153 Å². The maximum atomic E-state index is 13.2. The van der Waals surface area contributed by atoms with Crippen molar-refractivity contribution in [2.75, 3.05) is 20.6 Å². The van der Waals surface area contributed by atoms with Gasteiger partial charge in [-0.15, -0.1) is 10.2 Å². The Morgan fingerprint density at radius 2 is 2.08 bits per heavy atom. The second kappa shape index (κ2) is 6.83. The number of rotatable bonds is 4. The van der Waals surface area contributed by atoms with Crippen molar-refractivity contribution in [2.24, 2.45) is 0 Å². The van der Waals surface area contributed by atoms with Crippen LogP contribution in [0.1, 0.15) is 35.9 Å². The first kappa shape index (κ1) is 17.2. The molecule has 2 aliphatic rings. The van der Waals surface area contributed by atoms with Gasteiger partial charge in [-0.25, -0.2) is 4.98 Å². The van der Waals surface area contributed by atoms with Crippen LogP contribution >= 0.6 is 0 Å². The van der Waals surface area contributed by atoms with Crippen molar-refractivity contribution in [3.8, 4) is 0 Å². The predicted octanol–water partition coefficient (Wildman–Crippen LogP) is 0.634. The highest BCUT2D eigenvalue weighted by Gasteiger charge is 2.32. The van der Waals surface area contributed by atoms with E-state index in [9.17, 15) is 4.79 Å². The largest absolute Gasteiger partial charge is 0.328 e. The molecular formula is C18H27N7O. The van der Waals surface area contributed by atoms with E-state index in [0.29, 0.717) is 13.1 Å². The first-order chi connectivity index (χ1) is 12.5. The van der Waals surface area contributed by atoms with E-state index in [1.54, 1.807) is 0 Å². The molecule has 0 spiro atoms. The molecule has 3 heterocycles. The smallest absolute Gasteiger partial charge is 0.243 e. The molecule has 8 heteroatoms. The number of aryl methyl sites for hydroxylation is 2. The quantitative estimate of drug-likeness (QED) is 0.803. The molecule has 1 atom stereocenters. The number of hydrogen-bond donors (Lipinski definition) is 0. The van der Waals surface area contributed by atoms with Gasteiger partial charge in [0.05, 0.1) is 24.6 Å². The Kier molecular flexibility index (Phi) is 4.52. The average molecular weight is 357 g/mol. The van der Waals surface area contributed by atoms with E-state index in [4.69, 9.17) is 0 Å². The molecule has 0 radical (unpaired) electrons. The second-order valence-electron chi connectivity index (χ2n) is 7.68. The molecule has 1 aliphatic carbocycles. The highest BCUT2D eigenvalue weighted by atomic mass is 16.2. The normalized spacial score (nSPS) is 19.5. The maximum Gasteiger partial charge on any atom is 0.243 e. The van der Waals surface area contributed by atoms with Crippen LogP contribution in [0.25, 0.3) is 0 Å². The minimum atomic E-state index is 0.124. The zero-order valence-electron chi connectivity index (χ0n) is 15.9. The molecule has 0 aromatic carbocycles. The maximum absolute atomic E-state index is 13.2. The lowest BCUT2D eigenvalue weighted by Crippen LogP contribution is -2.51. The van der Waals surface area contributed by atoms with Crippen LogP contribution in [0.4, 0.5) is 0 Å². The van der Waals surface area contributed by atoms with E-state index < -0.39 is 0 Å². The summed E-state index contributed by atoms with van der Waals surface area (Å²) >= 11 is 0. The van der Waals surface area contributed by atoms with Crippen molar-refractivity contribution < 1.29 is 4.79 Å². The van der Waals surface area contributed by atoms with Crippen molar-refractivity contribution in [1.82, 2.24) is 34.1 Å². The number of carbonyl (C=O) groups is 1. The van der Waals surface area contributed by atoms with E-state index in [2.05, 4.69) is 24.6 Å². The lowest BCUT2D eigenvalue weighted by Gasteiger charge is -2.37. The SMILES string of the molecule is Cc1nnc2n1CC(CN(C)C)N(C(=O)Cn1cnc3c1CCCC3)C2. The van der Waals surface area contributed by atoms with Crippen LogP contribution in [0.5, 0.6) is 0 Å². The molecule has 140 valence electrons. The highest BCUT2D eigenvalue weighted by molar-refractivity contribution is 5.76. The summed E-state index contributed by atoms with van der Waals surface area (Å²) in [6.45, 7) is 4.43. The van der Waals surface area contributed by atoms with Gasteiger partial charge in [-0.05, 0) is 46.7 Å². The molecule has 2 aromatic heterocycles. The van der Waals surface area contributed by atoms with E-state index in [-0.39, 0.29) is 11.9 Å². The zero-order valence-corrected chi connectivity index (χ0v) is 15.9. The van der Waals surface area contributed by atoms with Crippen LogP contribution in [-0.2, 0) is 37.3 Å². The third-order valence-corrected chi connectivity index (χ3v) is 5.47. The number of hydrogen-bond acceptors (Lipinski definition) is 5. The van der Waals surface area contributed by atoms with Gasteiger partial charge < -0.3 is 18.9 Å². The Morgan fingerprint density at radius 3 is 2.88 bits per heavy atom. The first-order valence-corrected chi connectivity index (χ1v) is 9.38. The number of imidazole rings is 1. The van der Waals surface area contributed by atoms with Crippen molar-refractivity contribution >= 4 is 5.91 Å². The lowest BCUT2D eigenvalue weighted by molar-refractivity contribution is -0.136. The third-order valence-electron chi connectivity index (χ3n) is 5.47. The fraction of sp³-hybridized carbons (Fsp3) is 0.667. The molecule has 0 N–H and O–H groups in total. The van der Waals surface area contributed by atoms with E-state index in [0.717, 1.165) is 37.6 Å². The number of fused-ring (bicyclic) bond motifs is 2. The summed E-state index contributed by atoms with van der Waals surface area (Å²) in [5.74, 6) is 1.92. The molecule has 2 aromatic rings. The molecule has 0 saturated carbocycles. The molecule has 4 rings (SSSR count). The summed E-state index contributed by atoms with van der Waals surface area (Å²) in [6.07, 6.45) is 6.28. The van der Waals surface area contributed by atoms with Crippen molar-refractivity contribution in [3.63, 3.8) is 0 Å². The molecule has 1 aliphatic heterocycles. The van der Waals surface area contributed by atoms with Crippen LogP contribution in [0.3, 0.4) is 0 Å². The minimum absolute atomic E-state index is 0.124. The van der Waals surface area contributed by atoms with Gasteiger partial charge in [-0.3, -0.25) is 4.79 Å². The van der Waals surface area contributed by atoms with Gasteiger partial charge in [0.2, 0.25) is 5.91 Å². The van der Waals surface area contributed by atoms with Gasteiger partial charge in [0.1, 0.15) is 12.4 Å². The Morgan fingerprint density at radius 1 is 1.27 bits per heavy atom. The fourth-order valence-electron chi connectivity index (χ4n) is 4.14. The number of likely N-dealkylation sites (N-methyl/N-ethyl adjacent to an activating group) is 1. The molecule has 0 fully saturated rings. The summed E-state index contributed by atoms with van der Waals surface area (Å²) in [6, 6.07) is 0.124. The van der Waals surface area contributed by atoms with E-state index >= 15 is 0 Å². The zero-order chi connectivity index (χ0) is 18.3. The van der Waals surface area contributed by atoms with Gasteiger partial charge >= 0.3 is 0 Å². The van der Waals surface area contributed by atoms with Crippen LogP contribution in [-0.4, -0.2) is 66.7 Å². The van der Waals surface area contributed by atoms with Crippen molar-refractivity contribution in [3.05, 3.63) is 29.4 Å². The summed E-state index contributed by atoms with van der Waals surface area (Å²) in [4.78, 5) is 21.8. The Balaban J connectivity index is 1.56. The number of aromatic nitrogens is 5. The lowest BCUT2D eigenvalue weighted by atomic mass is 10.0. The summed E-state index contributed by atoms with van der Waals surface area (Å²) in [5.41, 5.74) is 2.41. The number of amides is 1. The molecule has 0 saturated heterocycles. The Bertz CT molecular complexity index is 807. The van der Waals surface area contributed by atoms with Crippen LogP contribution in [0.15, 0.2) is 6.33 Å². The van der Waals surface area contributed by atoms with Crippen molar-refractivity contribution in [1.29, 1.82) is 0 Å². The molecule has 0 bridgehead atoms. The molecular weight excluding hydrogens is 330 g/mol. The highest BCUT2D eigenvalue weighted by Crippen LogP contribution is 2.22. The second-order valence-corrected chi connectivity index (χ2v) is 7.68. The predicted molar refractivity (Wildman–Crippen MR) is 96.5 cm³/mol. The monoisotopic (exact) mass is 357 g/mol. The van der Waals surface area contributed by atoms with Crippen LogP contribution in [0, 0.1) is 6.92 Å². The first-order valence-electron chi connectivity index (χ1n) is 9.38. The summed E-state index contributed by atoms with van der Waals surface area (Å²) in [5, 5.41) is 8.44. The van der Waals surface area contributed by atoms with Gasteiger partial charge in [-0.2, -0.15) is 0 Å². The molecule has 1 unspecified atom stereocenters. The number of nitrogens with zero attached hydrogens (tertiary/aromatic N) is 7. The minimum Gasteiger partial charge on any atom is -0.328 e. The van der Waals surface area contributed by atoms with Crippen LogP contribution < -0.4 is 0 Å². The fourth-order valence-corrected chi connectivity index (χ4v) is 4.14. The molecule has 1 amide bonds. The van der Waals surface area contributed by atoms with Gasteiger partial charge in [0, 0.05) is 18.8 Å². The Hall–Kier alpha value is -2.22.